The predicted molar refractivity (Wildman–Crippen MR) is 107 cm³/mol. The molecular weight excluding hydrogens is 378 g/mol. The zero-order valence-electron chi connectivity index (χ0n) is 15.0. The van der Waals surface area contributed by atoms with E-state index in [4.69, 9.17) is 21.1 Å². The van der Waals surface area contributed by atoms with Crippen LogP contribution in [-0.4, -0.2) is 29.1 Å². The van der Waals surface area contributed by atoms with Crippen molar-refractivity contribution < 1.29 is 14.3 Å². The van der Waals surface area contributed by atoms with E-state index in [0.29, 0.717) is 42.0 Å². The number of benzene rings is 2. The van der Waals surface area contributed by atoms with Gasteiger partial charge in [-0.2, -0.15) is 0 Å². The van der Waals surface area contributed by atoms with Crippen molar-refractivity contribution >= 4 is 34.6 Å². The lowest BCUT2D eigenvalue weighted by molar-refractivity contribution is -0.116. The molecule has 0 radical (unpaired) electrons. The van der Waals surface area contributed by atoms with Gasteiger partial charge in [0.25, 0.3) is 0 Å². The van der Waals surface area contributed by atoms with Crippen LogP contribution in [0.15, 0.2) is 48.7 Å². The normalized spacial score (nSPS) is 13.5. The topological polar surface area (TPSA) is 73.3 Å². The fourth-order valence-corrected chi connectivity index (χ4v) is 3.14. The first kappa shape index (κ1) is 18.3. The average Bonchev–Trinajstić information content (AvgIpc) is 2.96. The summed E-state index contributed by atoms with van der Waals surface area (Å²) in [5, 5.41) is 3.30. The molecule has 28 heavy (non-hydrogen) atoms. The maximum Gasteiger partial charge on any atom is 0.244 e. The number of halogens is 1. The van der Waals surface area contributed by atoms with E-state index < -0.39 is 0 Å². The second-order valence-corrected chi connectivity index (χ2v) is 6.70. The van der Waals surface area contributed by atoms with Gasteiger partial charge in [0.1, 0.15) is 0 Å². The number of amides is 1. The van der Waals surface area contributed by atoms with Gasteiger partial charge in [-0.1, -0.05) is 23.7 Å². The van der Waals surface area contributed by atoms with Gasteiger partial charge in [-0.3, -0.25) is 9.78 Å². The molecule has 1 aliphatic heterocycles. The lowest BCUT2D eigenvalue weighted by Gasteiger charge is -2.11. The molecule has 1 N–H and O–H groups in total. The van der Waals surface area contributed by atoms with Crippen molar-refractivity contribution in [1.82, 2.24) is 15.3 Å². The maximum atomic E-state index is 12.1. The SMILES string of the molecule is O=C(/C=C/c1cnc2ccccc2n1)NCc1cc(Cl)c2c(c1)OCCCO2. The Balaban J connectivity index is 1.40. The smallest absolute Gasteiger partial charge is 0.244 e. The third-order valence-corrected chi connectivity index (χ3v) is 4.48. The van der Waals surface area contributed by atoms with Gasteiger partial charge in [0.2, 0.25) is 5.91 Å². The molecule has 1 aromatic heterocycles. The number of hydrogen-bond acceptors (Lipinski definition) is 5. The van der Waals surface area contributed by atoms with Crippen LogP contribution in [0, 0.1) is 0 Å². The number of para-hydroxylation sites is 2. The fourth-order valence-electron chi connectivity index (χ4n) is 2.85. The van der Waals surface area contributed by atoms with E-state index >= 15 is 0 Å². The van der Waals surface area contributed by atoms with E-state index in [2.05, 4.69) is 15.3 Å². The molecule has 0 saturated heterocycles. The van der Waals surface area contributed by atoms with Crippen LogP contribution < -0.4 is 14.8 Å². The highest BCUT2D eigenvalue weighted by molar-refractivity contribution is 6.32. The number of carbonyl (C=O) groups is 1. The predicted octanol–water partition coefficient (Wildman–Crippen LogP) is 3.77. The number of rotatable bonds is 4. The molecule has 2 aromatic carbocycles. The van der Waals surface area contributed by atoms with Gasteiger partial charge < -0.3 is 14.8 Å². The molecule has 0 atom stereocenters. The molecule has 0 spiro atoms. The Morgan fingerprint density at radius 1 is 1.18 bits per heavy atom. The van der Waals surface area contributed by atoms with Crippen LogP contribution in [0.5, 0.6) is 11.5 Å². The Bertz CT molecular complexity index is 1050. The summed E-state index contributed by atoms with van der Waals surface area (Å²) in [6.45, 7) is 1.48. The van der Waals surface area contributed by atoms with Gasteiger partial charge >= 0.3 is 0 Å². The summed E-state index contributed by atoms with van der Waals surface area (Å²) in [4.78, 5) is 20.9. The number of nitrogens with zero attached hydrogens (tertiary/aromatic N) is 2. The molecule has 0 bridgehead atoms. The zero-order chi connectivity index (χ0) is 19.3. The minimum absolute atomic E-state index is 0.238. The van der Waals surface area contributed by atoms with E-state index in [1.54, 1.807) is 18.3 Å². The molecule has 1 aliphatic rings. The van der Waals surface area contributed by atoms with Crippen LogP contribution in [0.25, 0.3) is 17.1 Å². The zero-order valence-corrected chi connectivity index (χ0v) is 15.8. The van der Waals surface area contributed by atoms with Gasteiger partial charge in [-0.25, -0.2) is 4.98 Å². The minimum Gasteiger partial charge on any atom is -0.489 e. The Morgan fingerprint density at radius 3 is 2.89 bits per heavy atom. The Kier molecular flexibility index (Phi) is 5.39. The van der Waals surface area contributed by atoms with Gasteiger partial charge in [-0.05, 0) is 35.9 Å². The molecule has 7 heteroatoms. The Morgan fingerprint density at radius 2 is 2.00 bits per heavy atom. The van der Waals surface area contributed by atoms with Crippen molar-refractivity contribution in [3.63, 3.8) is 0 Å². The summed E-state index contributed by atoms with van der Waals surface area (Å²) in [5.41, 5.74) is 3.05. The molecular formula is C21H18ClN3O3. The number of aromatic nitrogens is 2. The van der Waals surface area contributed by atoms with Crippen molar-refractivity contribution in [3.05, 3.63) is 65.0 Å². The maximum absolute atomic E-state index is 12.1. The number of ether oxygens (including phenoxy) is 2. The number of nitrogens with one attached hydrogen (secondary N) is 1. The third kappa shape index (κ3) is 4.23. The third-order valence-electron chi connectivity index (χ3n) is 4.20. The van der Waals surface area contributed by atoms with Crippen molar-refractivity contribution in [3.8, 4) is 11.5 Å². The Labute approximate surface area is 167 Å². The summed E-state index contributed by atoms with van der Waals surface area (Å²) < 4.78 is 11.3. The highest BCUT2D eigenvalue weighted by Crippen LogP contribution is 2.37. The summed E-state index contributed by atoms with van der Waals surface area (Å²) in [7, 11) is 0. The second-order valence-electron chi connectivity index (χ2n) is 6.29. The monoisotopic (exact) mass is 395 g/mol. The lowest BCUT2D eigenvalue weighted by Crippen LogP contribution is -2.20. The van der Waals surface area contributed by atoms with E-state index in [1.165, 1.54) is 6.08 Å². The molecule has 4 rings (SSSR count). The molecule has 142 valence electrons. The van der Waals surface area contributed by atoms with Gasteiger partial charge in [0.05, 0.1) is 41.2 Å². The summed E-state index contributed by atoms with van der Waals surface area (Å²) in [6, 6.07) is 11.2. The summed E-state index contributed by atoms with van der Waals surface area (Å²) in [5.74, 6) is 0.929. The average molecular weight is 396 g/mol. The summed E-state index contributed by atoms with van der Waals surface area (Å²) >= 11 is 6.28. The first-order valence-electron chi connectivity index (χ1n) is 8.95. The van der Waals surface area contributed by atoms with E-state index in [-0.39, 0.29) is 5.91 Å². The van der Waals surface area contributed by atoms with Crippen molar-refractivity contribution in [1.29, 1.82) is 0 Å². The van der Waals surface area contributed by atoms with Crippen molar-refractivity contribution in [2.45, 2.75) is 13.0 Å². The highest BCUT2D eigenvalue weighted by Gasteiger charge is 2.15. The van der Waals surface area contributed by atoms with Crippen LogP contribution in [-0.2, 0) is 11.3 Å². The van der Waals surface area contributed by atoms with Crippen LogP contribution in [0.3, 0.4) is 0 Å². The standard InChI is InChI=1S/C21H18ClN3O3/c22-16-10-14(11-19-21(16)28-9-3-8-27-19)12-24-20(26)7-6-15-13-23-17-4-1-2-5-18(17)25-15/h1-2,4-7,10-11,13H,3,8-9,12H2,(H,24,26)/b7-6+. The molecule has 2 heterocycles. The van der Waals surface area contributed by atoms with Crippen molar-refractivity contribution in [2.75, 3.05) is 13.2 Å². The highest BCUT2D eigenvalue weighted by atomic mass is 35.5. The molecule has 0 aliphatic carbocycles. The lowest BCUT2D eigenvalue weighted by atomic mass is 10.2. The molecule has 0 saturated carbocycles. The van der Waals surface area contributed by atoms with Crippen molar-refractivity contribution in [2.24, 2.45) is 0 Å². The van der Waals surface area contributed by atoms with Crippen LogP contribution in [0.2, 0.25) is 5.02 Å². The summed E-state index contributed by atoms with van der Waals surface area (Å²) in [6.07, 6.45) is 5.51. The number of fused-ring (bicyclic) bond motifs is 2. The van der Waals surface area contributed by atoms with Gasteiger partial charge in [0, 0.05) is 19.0 Å². The molecule has 0 unspecified atom stereocenters. The fraction of sp³-hybridized carbons (Fsp3) is 0.190. The van der Waals surface area contributed by atoms with E-state index in [9.17, 15) is 4.79 Å². The first-order chi connectivity index (χ1) is 13.7. The van der Waals surface area contributed by atoms with Crippen LogP contribution in [0.4, 0.5) is 0 Å². The first-order valence-corrected chi connectivity index (χ1v) is 9.32. The van der Waals surface area contributed by atoms with Gasteiger partial charge in [0.15, 0.2) is 11.5 Å². The van der Waals surface area contributed by atoms with Crippen LogP contribution in [0.1, 0.15) is 17.7 Å². The van der Waals surface area contributed by atoms with E-state index in [0.717, 1.165) is 23.0 Å². The number of carbonyl (C=O) groups excluding carboxylic acids is 1. The quantitative estimate of drug-likeness (QED) is 0.680. The van der Waals surface area contributed by atoms with Crippen LogP contribution >= 0.6 is 11.6 Å². The van der Waals surface area contributed by atoms with E-state index in [1.807, 2.05) is 30.3 Å². The molecule has 0 fully saturated rings. The second kappa shape index (κ2) is 8.27. The molecule has 6 nitrogen and oxygen atoms in total. The minimum atomic E-state index is -0.238. The molecule has 3 aromatic rings. The Hall–Kier alpha value is -3.12. The number of hydrogen-bond donors (Lipinski definition) is 1. The van der Waals surface area contributed by atoms with Gasteiger partial charge in [-0.15, -0.1) is 0 Å². The largest absolute Gasteiger partial charge is 0.489 e. The molecule has 1 amide bonds.